The molecule has 3 atom stereocenters. The summed E-state index contributed by atoms with van der Waals surface area (Å²) in [5.41, 5.74) is -1.19. The van der Waals surface area contributed by atoms with Gasteiger partial charge in [0.1, 0.15) is 6.10 Å². The molecule has 0 amide bonds. The van der Waals surface area contributed by atoms with Crippen molar-refractivity contribution in [2.45, 2.75) is 102 Å². The van der Waals surface area contributed by atoms with Crippen molar-refractivity contribution in [2.75, 3.05) is 6.61 Å². The monoisotopic (exact) mass is 342 g/mol. The Balaban J connectivity index is 1.72. The number of carbonyl (C=O) groups excluding carboxylic acids is 1. The van der Waals surface area contributed by atoms with Gasteiger partial charge in [-0.05, 0) is 56.7 Å². The van der Waals surface area contributed by atoms with E-state index in [2.05, 4.69) is 33.9 Å². The van der Waals surface area contributed by atoms with Crippen LogP contribution in [0.1, 0.15) is 65.7 Å². The first-order valence-electron chi connectivity index (χ1n) is 9.14. The highest BCUT2D eigenvalue weighted by Crippen LogP contribution is 2.40. The summed E-state index contributed by atoms with van der Waals surface area (Å²) < 4.78 is 12.0. The summed E-state index contributed by atoms with van der Waals surface area (Å²) in [6, 6.07) is 0. The molecule has 5 heteroatoms. The van der Waals surface area contributed by atoms with Crippen molar-refractivity contribution >= 4 is 14.1 Å². The summed E-state index contributed by atoms with van der Waals surface area (Å²) in [4.78, 5) is 12.4. The zero-order valence-electron chi connectivity index (χ0n) is 15.5. The molecule has 2 fully saturated rings. The third kappa shape index (κ3) is 4.06. The molecule has 0 radical (unpaired) electrons. The maximum atomic E-state index is 12.4. The first-order chi connectivity index (χ1) is 10.6. The highest BCUT2D eigenvalue weighted by molar-refractivity contribution is 6.74. The number of Topliss-reactive ketones (excluding diaryl/α,β-unsaturated/α-hetero) is 1. The van der Waals surface area contributed by atoms with E-state index in [1.165, 1.54) is 0 Å². The second-order valence-electron chi connectivity index (χ2n) is 8.75. The predicted octanol–water partition coefficient (Wildman–Crippen LogP) is 3.82. The smallest absolute Gasteiger partial charge is 0.195 e. The van der Waals surface area contributed by atoms with Crippen LogP contribution in [0.5, 0.6) is 0 Å². The van der Waals surface area contributed by atoms with E-state index in [0.717, 1.165) is 38.7 Å². The Morgan fingerprint density at radius 2 is 2.00 bits per heavy atom. The number of ketones is 1. The Morgan fingerprint density at radius 1 is 1.30 bits per heavy atom. The fourth-order valence-corrected chi connectivity index (χ4v) is 4.39. The molecule has 0 aromatic heterocycles. The summed E-state index contributed by atoms with van der Waals surface area (Å²) in [6.07, 6.45) is 5.25. The molecular formula is C18H34O4Si. The molecule has 0 aromatic rings. The molecule has 0 unspecified atom stereocenters. The number of carbonyl (C=O) groups is 1. The van der Waals surface area contributed by atoms with Gasteiger partial charge in [-0.15, -0.1) is 0 Å². The Hall–Kier alpha value is -0.233. The van der Waals surface area contributed by atoms with E-state index in [1.54, 1.807) is 0 Å². The lowest BCUT2D eigenvalue weighted by Crippen LogP contribution is -2.47. The number of hydrogen-bond donors (Lipinski definition) is 1. The Bertz CT molecular complexity index is 429. The van der Waals surface area contributed by atoms with Gasteiger partial charge in [0.2, 0.25) is 0 Å². The van der Waals surface area contributed by atoms with E-state index in [9.17, 15) is 9.90 Å². The van der Waals surface area contributed by atoms with Crippen molar-refractivity contribution in [3.8, 4) is 0 Å². The van der Waals surface area contributed by atoms with Crippen LogP contribution in [0.15, 0.2) is 0 Å². The van der Waals surface area contributed by atoms with Crippen molar-refractivity contribution in [3.63, 3.8) is 0 Å². The second kappa shape index (κ2) is 6.94. The topological polar surface area (TPSA) is 55.8 Å². The van der Waals surface area contributed by atoms with Gasteiger partial charge in [-0.3, -0.25) is 4.79 Å². The number of unbranched alkanes of at least 4 members (excludes halogenated alkanes) is 1. The van der Waals surface area contributed by atoms with Gasteiger partial charge in [0, 0.05) is 6.61 Å². The maximum Gasteiger partial charge on any atom is 0.195 e. The first kappa shape index (κ1) is 19.1. The molecule has 1 saturated carbocycles. The van der Waals surface area contributed by atoms with Crippen LogP contribution in [0.2, 0.25) is 18.1 Å². The molecule has 4 nitrogen and oxygen atoms in total. The molecule has 1 N–H and O–H groups in total. The van der Waals surface area contributed by atoms with Gasteiger partial charge in [-0.25, -0.2) is 0 Å². The van der Waals surface area contributed by atoms with Gasteiger partial charge in [0.15, 0.2) is 19.7 Å². The van der Waals surface area contributed by atoms with E-state index in [1.807, 2.05) is 0 Å². The zero-order valence-corrected chi connectivity index (χ0v) is 16.5. The van der Waals surface area contributed by atoms with Gasteiger partial charge in [0.25, 0.3) is 0 Å². The van der Waals surface area contributed by atoms with E-state index in [-0.39, 0.29) is 16.9 Å². The van der Waals surface area contributed by atoms with Crippen LogP contribution < -0.4 is 0 Å². The van der Waals surface area contributed by atoms with Crippen molar-refractivity contribution in [1.82, 2.24) is 0 Å². The molecule has 2 rings (SSSR count). The quantitative estimate of drug-likeness (QED) is 0.589. The minimum atomic E-state index is -1.68. The van der Waals surface area contributed by atoms with Crippen molar-refractivity contribution in [2.24, 2.45) is 0 Å². The second-order valence-corrected chi connectivity index (χ2v) is 13.6. The van der Waals surface area contributed by atoms with Crippen molar-refractivity contribution in [3.05, 3.63) is 0 Å². The molecule has 1 saturated heterocycles. The van der Waals surface area contributed by atoms with Gasteiger partial charge >= 0.3 is 0 Å². The van der Waals surface area contributed by atoms with Crippen LogP contribution in [0, 0.1) is 0 Å². The van der Waals surface area contributed by atoms with Gasteiger partial charge in [0.05, 0.1) is 6.10 Å². The fourth-order valence-electron chi connectivity index (χ4n) is 3.30. The van der Waals surface area contributed by atoms with E-state index >= 15 is 0 Å². The molecular weight excluding hydrogens is 308 g/mol. The normalized spacial score (nSPS) is 32.2. The predicted molar refractivity (Wildman–Crippen MR) is 94.1 cm³/mol. The zero-order chi connectivity index (χ0) is 17.3. The van der Waals surface area contributed by atoms with E-state index in [4.69, 9.17) is 9.16 Å². The molecule has 1 aliphatic heterocycles. The highest BCUT2D eigenvalue weighted by atomic mass is 28.4. The van der Waals surface area contributed by atoms with Crippen LogP contribution in [0.4, 0.5) is 0 Å². The highest BCUT2D eigenvalue weighted by Gasteiger charge is 2.55. The van der Waals surface area contributed by atoms with Crippen molar-refractivity contribution < 1.29 is 19.1 Å². The van der Waals surface area contributed by atoms with E-state index < -0.39 is 20.0 Å². The average molecular weight is 343 g/mol. The Labute approximate surface area is 142 Å². The molecule has 1 aliphatic carbocycles. The number of rotatable bonds is 6. The standard InChI is InChI=1S/C18H34O4Si/c1-17(2,3)23(4,5)21-13-9-7-10-14-16(19)18(20)12-8-6-11-15(18)22-14/h14-15,20H,6-13H2,1-5H3/t14-,15+,18+/m0/s1. The molecule has 0 spiro atoms. The third-order valence-corrected chi connectivity index (χ3v) is 10.5. The Kier molecular flexibility index (Phi) is 5.77. The molecule has 134 valence electrons. The minimum Gasteiger partial charge on any atom is -0.417 e. The van der Waals surface area contributed by atoms with Crippen LogP contribution in [-0.4, -0.2) is 43.6 Å². The summed E-state index contributed by atoms with van der Waals surface area (Å²) in [5, 5.41) is 10.8. The lowest BCUT2D eigenvalue weighted by Gasteiger charge is -2.36. The van der Waals surface area contributed by atoms with Crippen LogP contribution in [-0.2, 0) is 14.0 Å². The van der Waals surface area contributed by atoms with Gasteiger partial charge in [-0.2, -0.15) is 0 Å². The summed E-state index contributed by atoms with van der Waals surface area (Å²) in [7, 11) is -1.68. The van der Waals surface area contributed by atoms with Gasteiger partial charge < -0.3 is 14.3 Å². The summed E-state index contributed by atoms with van der Waals surface area (Å²) in [5.74, 6) is -0.0764. The molecule has 0 bridgehead atoms. The Morgan fingerprint density at radius 3 is 2.61 bits per heavy atom. The number of aliphatic hydroxyl groups is 1. The molecule has 0 aromatic carbocycles. The summed E-state index contributed by atoms with van der Waals surface area (Å²) >= 11 is 0. The van der Waals surface area contributed by atoms with Crippen LogP contribution in [0.3, 0.4) is 0 Å². The van der Waals surface area contributed by atoms with Gasteiger partial charge in [-0.1, -0.05) is 27.2 Å². The van der Waals surface area contributed by atoms with Crippen LogP contribution in [0.25, 0.3) is 0 Å². The maximum absolute atomic E-state index is 12.4. The summed E-state index contributed by atoms with van der Waals surface area (Å²) in [6.45, 7) is 12.0. The minimum absolute atomic E-state index is 0.0764. The van der Waals surface area contributed by atoms with E-state index in [0.29, 0.717) is 12.8 Å². The number of fused-ring (bicyclic) bond motifs is 1. The SMILES string of the molecule is CC(C)(C)[Si](C)(C)OCCCC[C@@H]1O[C@@H]2CCCC[C@]2(O)C1=O. The fraction of sp³-hybridized carbons (Fsp3) is 0.944. The third-order valence-electron chi connectivity index (χ3n) is 5.98. The molecule has 1 heterocycles. The number of ether oxygens (including phenoxy) is 1. The first-order valence-corrected chi connectivity index (χ1v) is 12.0. The molecule has 23 heavy (non-hydrogen) atoms. The lowest BCUT2D eigenvalue weighted by atomic mass is 9.80. The number of hydrogen-bond acceptors (Lipinski definition) is 4. The van der Waals surface area contributed by atoms with Crippen molar-refractivity contribution in [1.29, 1.82) is 0 Å². The molecule has 2 aliphatic rings. The lowest BCUT2D eigenvalue weighted by molar-refractivity contribution is -0.137. The average Bonchev–Trinajstić information content (AvgIpc) is 2.70. The van der Waals surface area contributed by atoms with Crippen LogP contribution >= 0.6 is 0 Å². The largest absolute Gasteiger partial charge is 0.417 e.